The molecule has 16 heavy (non-hydrogen) atoms. The van der Waals surface area contributed by atoms with Crippen LogP contribution in [0.4, 0.5) is 10.2 Å². The van der Waals surface area contributed by atoms with E-state index in [4.69, 9.17) is 0 Å². The number of halogens is 1. The first kappa shape index (κ1) is 9.72. The molecular formula is C11H12FN3O. The maximum atomic E-state index is 13.2. The number of anilines is 1. The summed E-state index contributed by atoms with van der Waals surface area (Å²) in [7, 11) is 0. The van der Waals surface area contributed by atoms with E-state index >= 15 is 0 Å². The largest absolute Gasteiger partial charge is 0.307 e. The van der Waals surface area contributed by atoms with Gasteiger partial charge in [-0.1, -0.05) is 0 Å². The van der Waals surface area contributed by atoms with E-state index in [0.717, 1.165) is 6.42 Å². The number of aromatic nitrogens is 1. The second-order valence-corrected chi connectivity index (χ2v) is 4.38. The third-order valence-corrected chi connectivity index (χ3v) is 3.19. The summed E-state index contributed by atoms with van der Waals surface area (Å²) >= 11 is 0. The highest BCUT2D eigenvalue weighted by molar-refractivity contribution is 5.94. The molecule has 1 amide bonds. The summed E-state index contributed by atoms with van der Waals surface area (Å²) in [5.41, 5.74) is 0. The molecule has 1 saturated carbocycles. The van der Waals surface area contributed by atoms with Crippen molar-refractivity contribution in [1.82, 2.24) is 10.3 Å². The van der Waals surface area contributed by atoms with E-state index in [1.165, 1.54) is 24.8 Å². The second kappa shape index (κ2) is 3.52. The van der Waals surface area contributed by atoms with Crippen LogP contribution in [0.1, 0.15) is 12.8 Å². The number of carbonyl (C=O) groups is 1. The van der Waals surface area contributed by atoms with E-state index in [1.54, 1.807) is 0 Å². The van der Waals surface area contributed by atoms with Gasteiger partial charge in [0.15, 0.2) is 11.6 Å². The van der Waals surface area contributed by atoms with Gasteiger partial charge in [-0.3, -0.25) is 4.79 Å². The van der Waals surface area contributed by atoms with Crippen LogP contribution < -0.4 is 10.6 Å². The Morgan fingerprint density at radius 1 is 1.56 bits per heavy atom. The summed E-state index contributed by atoms with van der Waals surface area (Å²) in [6.45, 7) is 0. The Balaban J connectivity index is 1.66. The number of nitrogens with one attached hydrogen (secondary N) is 2. The molecule has 0 radical (unpaired) electrons. The van der Waals surface area contributed by atoms with Crippen LogP contribution in [0, 0.1) is 11.7 Å². The maximum Gasteiger partial charge on any atom is 0.242 e. The summed E-state index contributed by atoms with van der Waals surface area (Å²) in [6, 6.07) is 3.09. The van der Waals surface area contributed by atoms with E-state index < -0.39 is 5.82 Å². The highest BCUT2D eigenvalue weighted by atomic mass is 19.1. The van der Waals surface area contributed by atoms with Crippen molar-refractivity contribution in [3.8, 4) is 0 Å². The van der Waals surface area contributed by atoms with Crippen LogP contribution in [0.5, 0.6) is 0 Å². The van der Waals surface area contributed by atoms with Gasteiger partial charge in [0.1, 0.15) is 0 Å². The molecule has 3 rings (SSSR count). The zero-order valence-corrected chi connectivity index (χ0v) is 8.61. The van der Waals surface area contributed by atoms with Crippen molar-refractivity contribution in [2.45, 2.75) is 24.9 Å². The summed E-state index contributed by atoms with van der Waals surface area (Å²) in [5.74, 6) is -0.0389. The Morgan fingerprint density at radius 2 is 2.44 bits per heavy atom. The number of hydrogen-bond acceptors (Lipinski definition) is 3. The Kier molecular flexibility index (Phi) is 2.14. The lowest BCUT2D eigenvalue weighted by molar-refractivity contribution is -0.118. The molecular weight excluding hydrogens is 209 g/mol. The van der Waals surface area contributed by atoms with Gasteiger partial charge in [0.25, 0.3) is 0 Å². The molecule has 2 N–H and O–H groups in total. The van der Waals surface area contributed by atoms with E-state index in [-0.39, 0.29) is 17.8 Å². The summed E-state index contributed by atoms with van der Waals surface area (Å²) in [5, 5.41) is 5.71. The molecule has 0 bridgehead atoms. The van der Waals surface area contributed by atoms with Crippen molar-refractivity contribution in [2.24, 2.45) is 5.92 Å². The molecule has 3 atom stereocenters. The topological polar surface area (TPSA) is 54.0 Å². The average molecular weight is 221 g/mol. The van der Waals surface area contributed by atoms with Crippen LogP contribution in [0.15, 0.2) is 18.3 Å². The van der Waals surface area contributed by atoms with E-state index in [0.29, 0.717) is 12.0 Å². The molecule has 2 heterocycles. The van der Waals surface area contributed by atoms with Crippen molar-refractivity contribution in [1.29, 1.82) is 0 Å². The van der Waals surface area contributed by atoms with Gasteiger partial charge in [-0.05, 0) is 30.9 Å². The van der Waals surface area contributed by atoms with Crippen molar-refractivity contribution >= 4 is 11.7 Å². The minimum atomic E-state index is -0.501. The van der Waals surface area contributed by atoms with E-state index in [2.05, 4.69) is 15.6 Å². The number of piperidine rings is 1. The number of pyridine rings is 1. The van der Waals surface area contributed by atoms with Crippen molar-refractivity contribution in [3.63, 3.8) is 0 Å². The molecule has 1 aromatic heterocycles. The molecule has 2 aliphatic rings. The monoisotopic (exact) mass is 221 g/mol. The van der Waals surface area contributed by atoms with Crippen molar-refractivity contribution < 1.29 is 9.18 Å². The molecule has 1 aliphatic heterocycles. The first-order chi connectivity index (χ1) is 7.74. The molecule has 0 aromatic carbocycles. The van der Waals surface area contributed by atoms with Gasteiger partial charge in [-0.25, -0.2) is 9.37 Å². The normalized spacial score (nSPS) is 30.9. The van der Waals surface area contributed by atoms with E-state index in [1.807, 2.05) is 0 Å². The first-order valence-electron chi connectivity index (χ1n) is 5.41. The highest BCUT2D eigenvalue weighted by Gasteiger charge is 2.47. The van der Waals surface area contributed by atoms with E-state index in [9.17, 15) is 9.18 Å². The zero-order chi connectivity index (χ0) is 11.1. The lowest BCUT2D eigenvalue weighted by Gasteiger charge is -2.12. The fourth-order valence-electron chi connectivity index (χ4n) is 2.21. The lowest BCUT2D eigenvalue weighted by Crippen LogP contribution is -2.38. The predicted molar refractivity (Wildman–Crippen MR) is 56.3 cm³/mol. The SMILES string of the molecule is O=C(Nc1ncccc1F)[C@@H]1C[C@H]2C[C@H]2N1. The van der Waals surface area contributed by atoms with Gasteiger partial charge < -0.3 is 10.6 Å². The quantitative estimate of drug-likeness (QED) is 0.780. The molecule has 1 saturated heterocycles. The number of nitrogens with zero attached hydrogens (tertiary/aromatic N) is 1. The molecule has 2 fully saturated rings. The van der Waals surface area contributed by atoms with Gasteiger partial charge in [-0.15, -0.1) is 0 Å². The number of fused-ring (bicyclic) bond motifs is 1. The third-order valence-electron chi connectivity index (χ3n) is 3.19. The molecule has 1 aromatic rings. The molecule has 0 spiro atoms. The van der Waals surface area contributed by atoms with Crippen LogP contribution in [0.2, 0.25) is 0 Å². The molecule has 4 nitrogen and oxygen atoms in total. The Bertz CT molecular complexity index is 427. The number of rotatable bonds is 2. The van der Waals surface area contributed by atoms with Gasteiger partial charge in [-0.2, -0.15) is 0 Å². The molecule has 0 unspecified atom stereocenters. The molecule has 1 aliphatic carbocycles. The number of hydrogen-bond donors (Lipinski definition) is 2. The second-order valence-electron chi connectivity index (χ2n) is 4.38. The highest BCUT2D eigenvalue weighted by Crippen LogP contribution is 2.40. The lowest BCUT2D eigenvalue weighted by atomic mass is 10.2. The van der Waals surface area contributed by atoms with Crippen molar-refractivity contribution in [2.75, 3.05) is 5.32 Å². The fraction of sp³-hybridized carbons (Fsp3) is 0.455. The summed E-state index contributed by atoms with van der Waals surface area (Å²) in [6.07, 6.45) is 3.48. The maximum absolute atomic E-state index is 13.2. The van der Waals surface area contributed by atoms with Crippen LogP contribution in [0.25, 0.3) is 0 Å². The minimum Gasteiger partial charge on any atom is -0.307 e. The summed E-state index contributed by atoms with van der Waals surface area (Å²) < 4.78 is 13.2. The Labute approximate surface area is 92.3 Å². The fourth-order valence-corrected chi connectivity index (χ4v) is 2.21. The van der Waals surface area contributed by atoms with Crippen LogP contribution >= 0.6 is 0 Å². The third kappa shape index (κ3) is 1.67. The zero-order valence-electron chi connectivity index (χ0n) is 8.61. The van der Waals surface area contributed by atoms with Gasteiger partial charge in [0.2, 0.25) is 5.91 Å². The van der Waals surface area contributed by atoms with Gasteiger partial charge in [0, 0.05) is 12.2 Å². The molecule has 84 valence electrons. The van der Waals surface area contributed by atoms with Crippen molar-refractivity contribution in [3.05, 3.63) is 24.1 Å². The summed E-state index contributed by atoms with van der Waals surface area (Å²) in [4.78, 5) is 15.5. The Morgan fingerprint density at radius 3 is 3.12 bits per heavy atom. The van der Waals surface area contributed by atoms with Gasteiger partial charge in [0.05, 0.1) is 6.04 Å². The number of carbonyl (C=O) groups excluding carboxylic acids is 1. The minimum absolute atomic E-state index is 0.00914. The average Bonchev–Trinajstić information content (AvgIpc) is 2.89. The molecule has 5 heteroatoms. The van der Waals surface area contributed by atoms with Gasteiger partial charge >= 0.3 is 0 Å². The number of amides is 1. The standard InChI is InChI=1S/C11H12FN3O/c12-7-2-1-3-13-10(7)15-11(16)9-5-6-4-8(6)14-9/h1-3,6,8-9,14H,4-5H2,(H,13,15,16)/t6-,8-,9+/m1/s1. The first-order valence-corrected chi connectivity index (χ1v) is 5.41. The van der Waals surface area contributed by atoms with Crippen LogP contribution in [-0.4, -0.2) is 23.0 Å². The predicted octanol–water partition coefficient (Wildman–Crippen LogP) is 0.910. The van der Waals surface area contributed by atoms with Crippen LogP contribution in [-0.2, 0) is 4.79 Å². The smallest absolute Gasteiger partial charge is 0.242 e. The van der Waals surface area contributed by atoms with Crippen LogP contribution in [0.3, 0.4) is 0 Å². The Hall–Kier alpha value is -1.49.